The fraction of sp³-hybridized carbons (Fsp3) is 0.0526. The molecule has 0 aliphatic carbocycles. The van der Waals surface area contributed by atoms with E-state index in [0.717, 1.165) is 11.1 Å². The molecule has 1 aliphatic rings. The maximum absolute atomic E-state index is 13.8. The van der Waals surface area contributed by atoms with Crippen molar-refractivity contribution in [2.75, 3.05) is 7.05 Å². The van der Waals surface area contributed by atoms with Gasteiger partial charge in [0.1, 0.15) is 11.6 Å². The second-order valence-electron chi connectivity index (χ2n) is 6.01. The van der Waals surface area contributed by atoms with Gasteiger partial charge in [-0.15, -0.1) is 11.0 Å². The summed E-state index contributed by atoms with van der Waals surface area (Å²) >= 11 is 0. The number of carbonyl (C=O) groups is 2. The van der Waals surface area contributed by atoms with E-state index >= 15 is 0 Å². The molecule has 0 atom stereocenters. The molecule has 7 nitrogen and oxygen atoms in total. The van der Waals surface area contributed by atoms with Crippen LogP contribution in [0.5, 0.6) is 5.75 Å². The minimum absolute atomic E-state index is 0. The average Bonchev–Trinajstić information content (AvgIpc) is 3.14. The number of halogens is 1. The SMILES string of the molecule is CN1C(=O)c2c(c3c4cc(O)ccc4[n-]c3c3ncc(F)cc23)C1=O.[C-]#[O+].[Ru+2]. The molecule has 28 heavy (non-hydrogen) atoms. The Morgan fingerprint density at radius 3 is 2.54 bits per heavy atom. The summed E-state index contributed by atoms with van der Waals surface area (Å²) in [5.74, 6) is -1.56. The summed E-state index contributed by atoms with van der Waals surface area (Å²) in [4.78, 5) is 34.9. The first-order valence-corrected chi connectivity index (χ1v) is 7.70. The van der Waals surface area contributed by atoms with Crippen molar-refractivity contribution in [2.24, 2.45) is 0 Å². The fourth-order valence-electron chi connectivity index (χ4n) is 3.49. The van der Waals surface area contributed by atoms with E-state index in [-0.39, 0.29) is 41.7 Å². The van der Waals surface area contributed by atoms with Crippen LogP contribution < -0.4 is 4.98 Å². The van der Waals surface area contributed by atoms with Crippen LogP contribution in [0.4, 0.5) is 4.39 Å². The number of benzene rings is 2. The maximum atomic E-state index is 13.8. The van der Waals surface area contributed by atoms with Crippen molar-refractivity contribution in [1.29, 1.82) is 0 Å². The number of hydrogen-bond acceptors (Lipinski definition) is 4. The zero-order valence-corrected chi connectivity index (χ0v) is 15.9. The van der Waals surface area contributed by atoms with Crippen molar-refractivity contribution >= 4 is 44.5 Å². The second kappa shape index (κ2) is 6.80. The Balaban J connectivity index is 0.000000728. The minimum Gasteiger partial charge on any atom is 2.00 e. The Morgan fingerprint density at radius 1 is 1.14 bits per heavy atom. The average molecular weight is 463 g/mol. The number of hydrogen-bond donors (Lipinski definition) is 1. The van der Waals surface area contributed by atoms with Gasteiger partial charge < -0.3 is 10.1 Å². The molecule has 0 unspecified atom stereocenters. The second-order valence-corrected chi connectivity index (χ2v) is 6.01. The first kappa shape index (κ1) is 19.6. The first-order valence-electron chi connectivity index (χ1n) is 7.70. The van der Waals surface area contributed by atoms with Crippen LogP contribution in [0.2, 0.25) is 0 Å². The van der Waals surface area contributed by atoms with Crippen LogP contribution in [0.25, 0.3) is 32.7 Å². The molecule has 2 aromatic carbocycles. The van der Waals surface area contributed by atoms with Crippen LogP contribution >= 0.6 is 0 Å². The number of phenols is 1. The summed E-state index contributed by atoms with van der Waals surface area (Å²) in [6, 6.07) is 5.80. The Labute approximate surface area is 169 Å². The molecule has 3 heterocycles. The third kappa shape index (κ3) is 2.45. The molecule has 4 aromatic rings. The van der Waals surface area contributed by atoms with Gasteiger partial charge in [0.05, 0.1) is 22.8 Å². The van der Waals surface area contributed by atoms with Crippen molar-refractivity contribution in [2.45, 2.75) is 0 Å². The topological polar surface area (TPSA) is 104 Å². The number of aromatic hydroxyl groups is 1. The van der Waals surface area contributed by atoms with Crippen molar-refractivity contribution in [3.05, 3.63) is 54.1 Å². The normalized spacial score (nSPS) is 12.8. The zero-order valence-electron chi connectivity index (χ0n) is 14.1. The van der Waals surface area contributed by atoms with E-state index in [0.29, 0.717) is 27.3 Å². The van der Waals surface area contributed by atoms with Crippen LogP contribution in [0, 0.1) is 12.5 Å². The zero-order chi connectivity index (χ0) is 19.5. The molecule has 0 bridgehead atoms. The van der Waals surface area contributed by atoms with Crippen molar-refractivity contribution in [1.82, 2.24) is 14.9 Å². The van der Waals surface area contributed by atoms with E-state index in [2.05, 4.69) is 16.6 Å². The van der Waals surface area contributed by atoms with Crippen LogP contribution in [0.1, 0.15) is 20.7 Å². The van der Waals surface area contributed by atoms with Gasteiger partial charge in [-0.1, -0.05) is 6.07 Å². The first-order chi connectivity index (χ1) is 13.0. The van der Waals surface area contributed by atoms with E-state index in [1.54, 1.807) is 6.07 Å². The van der Waals surface area contributed by atoms with Gasteiger partial charge >= 0.3 is 30.8 Å². The Morgan fingerprint density at radius 2 is 1.82 bits per heavy atom. The molecule has 2 amide bonds. The summed E-state index contributed by atoms with van der Waals surface area (Å²) in [6.45, 7) is 4.50. The van der Waals surface area contributed by atoms with E-state index in [1.165, 1.54) is 25.2 Å². The van der Waals surface area contributed by atoms with E-state index in [4.69, 9.17) is 4.65 Å². The summed E-state index contributed by atoms with van der Waals surface area (Å²) in [6.07, 6.45) is 1.05. The third-order valence-corrected chi connectivity index (χ3v) is 4.60. The fourth-order valence-corrected chi connectivity index (χ4v) is 3.49. The predicted octanol–water partition coefficient (Wildman–Crippen LogP) is 2.53. The van der Waals surface area contributed by atoms with Crippen molar-refractivity contribution < 1.29 is 43.2 Å². The van der Waals surface area contributed by atoms with Gasteiger partial charge in [-0.25, -0.2) is 4.39 Å². The number of imide groups is 1. The van der Waals surface area contributed by atoms with Crippen LogP contribution in [0.3, 0.4) is 0 Å². The third-order valence-electron chi connectivity index (χ3n) is 4.60. The molecule has 0 fully saturated rings. The molecule has 2 aromatic heterocycles. The summed E-state index contributed by atoms with van der Waals surface area (Å²) in [5, 5.41) is 11.1. The molecule has 0 saturated carbocycles. The quantitative estimate of drug-likeness (QED) is 0.187. The molecule has 5 rings (SSSR count). The Kier molecular flexibility index (Phi) is 4.77. The number of rotatable bonds is 0. The number of amides is 2. The summed E-state index contributed by atoms with van der Waals surface area (Å²) in [7, 11) is 1.38. The van der Waals surface area contributed by atoms with E-state index in [9.17, 15) is 19.1 Å². The molecule has 1 aliphatic heterocycles. The van der Waals surface area contributed by atoms with Crippen LogP contribution in [-0.2, 0) is 24.1 Å². The van der Waals surface area contributed by atoms with Crippen molar-refractivity contribution in [3.8, 4) is 5.75 Å². The van der Waals surface area contributed by atoms with Gasteiger partial charge in [0.25, 0.3) is 11.8 Å². The van der Waals surface area contributed by atoms with Gasteiger partial charge in [0.15, 0.2) is 0 Å². The molecule has 0 radical (unpaired) electrons. The standard InChI is InChI=1S/C18H10FN3O3.CO.Ru/c1-22-17(24)13-10-4-7(19)6-20-15(10)16-12(14(13)18(22)25)9-5-8(23)2-3-11(9)21-16;1-2;/h2-6H,1H3,(H2,20,21,23,24,25);;/q;;+2/p-1. The number of fused-ring (bicyclic) bond motifs is 8. The van der Waals surface area contributed by atoms with Gasteiger partial charge in [-0.05, 0) is 29.0 Å². The smallest absolute Gasteiger partial charge is 2.00 e. The van der Waals surface area contributed by atoms with Gasteiger partial charge in [0.2, 0.25) is 0 Å². The number of pyridine rings is 1. The Hall–Kier alpha value is -3.12. The molecule has 0 saturated heterocycles. The molecular formula is C19H9FN3O4Ru+. The predicted molar refractivity (Wildman–Crippen MR) is 92.1 cm³/mol. The number of phenolic OH excluding ortho intramolecular Hbond substituents is 1. The summed E-state index contributed by atoms with van der Waals surface area (Å²) in [5.41, 5.74) is 1.62. The van der Waals surface area contributed by atoms with E-state index < -0.39 is 17.6 Å². The molecule has 138 valence electrons. The van der Waals surface area contributed by atoms with Crippen LogP contribution in [0.15, 0.2) is 30.5 Å². The van der Waals surface area contributed by atoms with Gasteiger partial charge in [-0.2, -0.15) is 0 Å². The number of nitrogens with zero attached hydrogens (tertiary/aromatic N) is 3. The largest absolute Gasteiger partial charge is 2.00 e. The van der Waals surface area contributed by atoms with Gasteiger partial charge in [-0.3, -0.25) is 19.5 Å². The van der Waals surface area contributed by atoms with E-state index in [1.807, 2.05) is 0 Å². The summed E-state index contributed by atoms with van der Waals surface area (Å²) < 4.78 is 21.3. The van der Waals surface area contributed by atoms with Crippen molar-refractivity contribution in [3.63, 3.8) is 0 Å². The number of carbonyl (C=O) groups excluding carboxylic acids is 2. The molecule has 1 N–H and O–H groups in total. The maximum Gasteiger partial charge on any atom is 2.00 e. The monoisotopic (exact) mass is 464 g/mol. The number of aromatic nitrogens is 2. The Bertz CT molecular complexity index is 1330. The van der Waals surface area contributed by atoms with Crippen LogP contribution in [-0.4, -0.2) is 33.9 Å². The minimum atomic E-state index is -0.599. The van der Waals surface area contributed by atoms with Gasteiger partial charge in [0, 0.05) is 12.4 Å². The molecular weight excluding hydrogens is 454 g/mol. The molecule has 9 heteroatoms. The molecule has 0 spiro atoms.